The fourth-order valence-electron chi connectivity index (χ4n) is 2.76. The van der Waals surface area contributed by atoms with Gasteiger partial charge in [-0.2, -0.15) is 0 Å². The Morgan fingerprint density at radius 3 is 2.35 bits per heavy atom. The first-order valence-electron chi connectivity index (χ1n) is 7.73. The Balaban J connectivity index is 3.24. The maximum atomic E-state index is 14.4. The van der Waals surface area contributed by atoms with E-state index in [4.69, 9.17) is 0 Å². The standard InChI is InChI=1S/C17H29FN2/c1-6-15(7-2)20(12-13(3)4)17-14(11-19-5)9-8-10-16(17)18/h8-10,13,15,19H,6-7,11-12H2,1-5H3. The maximum absolute atomic E-state index is 14.4. The highest BCUT2D eigenvalue weighted by Crippen LogP contribution is 2.29. The van der Waals surface area contributed by atoms with Gasteiger partial charge < -0.3 is 10.2 Å². The summed E-state index contributed by atoms with van der Waals surface area (Å²) in [6.45, 7) is 10.3. The smallest absolute Gasteiger partial charge is 0.146 e. The van der Waals surface area contributed by atoms with Crippen LogP contribution in [0.5, 0.6) is 0 Å². The summed E-state index contributed by atoms with van der Waals surface area (Å²) < 4.78 is 14.4. The van der Waals surface area contributed by atoms with Crippen molar-refractivity contribution in [2.24, 2.45) is 5.92 Å². The molecule has 0 aliphatic carbocycles. The fraction of sp³-hybridized carbons (Fsp3) is 0.647. The molecule has 0 saturated carbocycles. The predicted molar refractivity (Wildman–Crippen MR) is 85.7 cm³/mol. The van der Waals surface area contributed by atoms with Crippen LogP contribution in [0.25, 0.3) is 0 Å². The van der Waals surface area contributed by atoms with Gasteiger partial charge in [-0.1, -0.05) is 39.8 Å². The Bertz CT molecular complexity index is 400. The number of benzene rings is 1. The van der Waals surface area contributed by atoms with Gasteiger partial charge in [-0.05, 0) is 37.4 Å². The summed E-state index contributed by atoms with van der Waals surface area (Å²) in [4.78, 5) is 2.27. The van der Waals surface area contributed by atoms with Gasteiger partial charge in [0, 0.05) is 19.1 Å². The number of nitrogens with zero attached hydrogens (tertiary/aromatic N) is 1. The van der Waals surface area contributed by atoms with Gasteiger partial charge in [0.25, 0.3) is 0 Å². The molecule has 0 aliphatic heterocycles. The average Bonchev–Trinajstić information content (AvgIpc) is 2.39. The molecule has 0 saturated heterocycles. The fourth-order valence-corrected chi connectivity index (χ4v) is 2.76. The van der Waals surface area contributed by atoms with E-state index in [0.717, 1.165) is 30.6 Å². The molecule has 2 nitrogen and oxygen atoms in total. The van der Waals surface area contributed by atoms with Crippen molar-refractivity contribution < 1.29 is 4.39 Å². The molecule has 0 bridgehead atoms. The summed E-state index contributed by atoms with van der Waals surface area (Å²) >= 11 is 0. The minimum absolute atomic E-state index is 0.106. The van der Waals surface area contributed by atoms with Crippen molar-refractivity contribution >= 4 is 5.69 Å². The molecular weight excluding hydrogens is 251 g/mol. The normalized spacial score (nSPS) is 11.4. The largest absolute Gasteiger partial charge is 0.366 e. The third-order valence-corrected chi connectivity index (χ3v) is 3.67. The van der Waals surface area contributed by atoms with Crippen molar-refractivity contribution in [3.63, 3.8) is 0 Å². The monoisotopic (exact) mass is 280 g/mol. The quantitative estimate of drug-likeness (QED) is 0.768. The molecule has 0 amide bonds. The van der Waals surface area contributed by atoms with Gasteiger partial charge in [-0.15, -0.1) is 0 Å². The zero-order valence-corrected chi connectivity index (χ0v) is 13.5. The van der Waals surface area contributed by atoms with Crippen molar-refractivity contribution in [2.75, 3.05) is 18.5 Å². The van der Waals surface area contributed by atoms with E-state index in [0.29, 0.717) is 18.5 Å². The predicted octanol–water partition coefficient (Wildman–Crippen LogP) is 4.20. The average molecular weight is 280 g/mol. The molecule has 0 radical (unpaired) electrons. The second-order valence-electron chi connectivity index (χ2n) is 5.79. The number of hydrogen-bond acceptors (Lipinski definition) is 2. The topological polar surface area (TPSA) is 15.3 Å². The van der Waals surface area contributed by atoms with Crippen LogP contribution in [0.3, 0.4) is 0 Å². The SMILES string of the molecule is CCC(CC)N(CC(C)C)c1c(F)cccc1CNC. The van der Waals surface area contributed by atoms with E-state index in [-0.39, 0.29) is 5.82 Å². The molecular formula is C17H29FN2. The molecule has 0 fully saturated rings. The van der Waals surface area contributed by atoms with Crippen molar-refractivity contribution in [3.05, 3.63) is 29.6 Å². The minimum atomic E-state index is -0.106. The van der Waals surface area contributed by atoms with E-state index in [2.05, 4.69) is 37.9 Å². The van der Waals surface area contributed by atoms with Gasteiger partial charge in [0.1, 0.15) is 5.82 Å². The van der Waals surface area contributed by atoms with Gasteiger partial charge in [-0.3, -0.25) is 0 Å². The molecule has 0 heterocycles. The van der Waals surface area contributed by atoms with E-state index in [9.17, 15) is 4.39 Å². The Kier molecular flexibility index (Phi) is 7.00. The number of rotatable bonds is 8. The summed E-state index contributed by atoms with van der Waals surface area (Å²) in [6.07, 6.45) is 2.08. The number of hydrogen-bond donors (Lipinski definition) is 1. The summed E-state index contributed by atoms with van der Waals surface area (Å²) in [5.41, 5.74) is 1.82. The molecule has 1 aromatic carbocycles. The van der Waals surface area contributed by atoms with E-state index in [1.54, 1.807) is 12.1 Å². The third-order valence-electron chi connectivity index (χ3n) is 3.67. The first-order chi connectivity index (χ1) is 9.54. The van der Waals surface area contributed by atoms with Crippen LogP contribution < -0.4 is 10.2 Å². The summed E-state index contributed by atoms with van der Waals surface area (Å²) in [7, 11) is 1.90. The van der Waals surface area contributed by atoms with Crippen LogP contribution >= 0.6 is 0 Å². The molecule has 3 heteroatoms. The lowest BCUT2D eigenvalue weighted by atomic mass is 10.0. The lowest BCUT2D eigenvalue weighted by Crippen LogP contribution is -2.39. The highest BCUT2D eigenvalue weighted by atomic mass is 19.1. The van der Waals surface area contributed by atoms with Crippen LogP contribution in [0.1, 0.15) is 46.1 Å². The van der Waals surface area contributed by atoms with Crippen molar-refractivity contribution in [1.29, 1.82) is 0 Å². The molecule has 1 rings (SSSR count). The first-order valence-corrected chi connectivity index (χ1v) is 7.73. The molecule has 114 valence electrons. The Morgan fingerprint density at radius 2 is 1.85 bits per heavy atom. The number of nitrogens with one attached hydrogen (secondary N) is 1. The van der Waals surface area contributed by atoms with Crippen molar-refractivity contribution in [1.82, 2.24) is 5.32 Å². The van der Waals surface area contributed by atoms with Crippen LogP contribution in [-0.4, -0.2) is 19.6 Å². The molecule has 0 aliphatic rings. The lowest BCUT2D eigenvalue weighted by molar-refractivity contribution is 0.493. The van der Waals surface area contributed by atoms with Crippen LogP contribution in [0.2, 0.25) is 0 Å². The zero-order valence-electron chi connectivity index (χ0n) is 13.5. The van der Waals surface area contributed by atoms with Gasteiger partial charge in [0.15, 0.2) is 0 Å². The molecule has 1 N–H and O–H groups in total. The first kappa shape index (κ1) is 17.0. The highest BCUT2D eigenvalue weighted by Gasteiger charge is 2.22. The van der Waals surface area contributed by atoms with Gasteiger partial charge in [0.2, 0.25) is 0 Å². The second-order valence-corrected chi connectivity index (χ2v) is 5.79. The van der Waals surface area contributed by atoms with Gasteiger partial charge in [0.05, 0.1) is 5.69 Å². The lowest BCUT2D eigenvalue weighted by Gasteiger charge is -2.36. The molecule has 0 aromatic heterocycles. The number of halogens is 1. The van der Waals surface area contributed by atoms with E-state index < -0.39 is 0 Å². The Morgan fingerprint density at radius 1 is 1.20 bits per heavy atom. The van der Waals surface area contributed by atoms with Crippen molar-refractivity contribution in [2.45, 2.75) is 53.1 Å². The van der Waals surface area contributed by atoms with Crippen LogP contribution in [0.4, 0.5) is 10.1 Å². The van der Waals surface area contributed by atoms with E-state index in [1.165, 1.54) is 0 Å². The minimum Gasteiger partial charge on any atom is -0.366 e. The molecule has 0 spiro atoms. The van der Waals surface area contributed by atoms with Crippen LogP contribution in [0.15, 0.2) is 18.2 Å². The van der Waals surface area contributed by atoms with E-state index in [1.807, 2.05) is 13.1 Å². The van der Waals surface area contributed by atoms with Gasteiger partial charge in [-0.25, -0.2) is 4.39 Å². The Hall–Kier alpha value is -1.09. The van der Waals surface area contributed by atoms with Crippen LogP contribution in [0, 0.1) is 11.7 Å². The maximum Gasteiger partial charge on any atom is 0.146 e. The van der Waals surface area contributed by atoms with Gasteiger partial charge >= 0.3 is 0 Å². The summed E-state index contributed by atoms with van der Waals surface area (Å²) in [6, 6.07) is 5.78. The molecule has 0 unspecified atom stereocenters. The summed E-state index contributed by atoms with van der Waals surface area (Å²) in [5, 5.41) is 3.14. The van der Waals surface area contributed by atoms with Crippen molar-refractivity contribution in [3.8, 4) is 0 Å². The highest BCUT2D eigenvalue weighted by molar-refractivity contribution is 5.55. The van der Waals surface area contributed by atoms with E-state index >= 15 is 0 Å². The third kappa shape index (κ3) is 4.20. The zero-order chi connectivity index (χ0) is 15.1. The molecule has 1 aromatic rings. The number of para-hydroxylation sites is 1. The second kappa shape index (κ2) is 8.25. The summed E-state index contributed by atoms with van der Waals surface area (Å²) in [5.74, 6) is 0.406. The number of anilines is 1. The Labute approximate surface area is 123 Å². The molecule has 20 heavy (non-hydrogen) atoms. The van der Waals surface area contributed by atoms with Crippen LogP contribution in [-0.2, 0) is 6.54 Å². The molecule has 0 atom stereocenters.